The molecule has 1 heterocycles. The van der Waals surface area contributed by atoms with Gasteiger partial charge < -0.3 is 9.84 Å². The number of aliphatic hydroxyl groups is 1. The Morgan fingerprint density at radius 3 is 2.71 bits per heavy atom. The summed E-state index contributed by atoms with van der Waals surface area (Å²) in [5.41, 5.74) is 1.21. The van der Waals surface area contributed by atoms with Gasteiger partial charge in [-0.25, -0.2) is 4.39 Å². The predicted octanol–water partition coefficient (Wildman–Crippen LogP) is 4.42. The van der Waals surface area contributed by atoms with E-state index in [0.29, 0.717) is 27.2 Å². The third-order valence-corrected chi connectivity index (χ3v) is 3.66. The minimum absolute atomic E-state index is 0.189. The molecule has 1 aromatic heterocycles. The molecule has 0 fully saturated rings. The minimum Gasteiger partial charge on any atom is -0.455 e. The van der Waals surface area contributed by atoms with E-state index in [2.05, 4.69) is 20.9 Å². The van der Waals surface area contributed by atoms with Gasteiger partial charge >= 0.3 is 0 Å². The Bertz CT molecular complexity index is 807. The van der Waals surface area contributed by atoms with Crippen LogP contribution in [0.2, 0.25) is 0 Å². The van der Waals surface area contributed by atoms with Crippen LogP contribution in [0.1, 0.15) is 5.69 Å². The third kappa shape index (κ3) is 2.89. The molecule has 0 bridgehead atoms. The van der Waals surface area contributed by atoms with Crippen molar-refractivity contribution in [3.05, 3.63) is 64.5 Å². The van der Waals surface area contributed by atoms with Crippen molar-refractivity contribution in [1.29, 1.82) is 0 Å². The van der Waals surface area contributed by atoms with E-state index >= 15 is 0 Å². The van der Waals surface area contributed by atoms with Crippen LogP contribution in [-0.4, -0.2) is 10.1 Å². The van der Waals surface area contributed by atoms with E-state index < -0.39 is 0 Å². The van der Waals surface area contributed by atoms with Gasteiger partial charge in [0.05, 0.1) is 22.3 Å². The van der Waals surface area contributed by atoms with Gasteiger partial charge in [0.2, 0.25) is 0 Å². The lowest BCUT2D eigenvalue weighted by Crippen LogP contribution is -1.94. The van der Waals surface area contributed by atoms with Crippen molar-refractivity contribution in [3.8, 4) is 11.5 Å². The number of aliphatic hydroxyl groups excluding tert-OH is 1. The minimum atomic E-state index is -0.381. The Morgan fingerprint density at radius 1 is 1.10 bits per heavy atom. The number of hydrogen-bond acceptors (Lipinski definition) is 3. The van der Waals surface area contributed by atoms with Crippen LogP contribution in [0.3, 0.4) is 0 Å². The van der Waals surface area contributed by atoms with Crippen LogP contribution < -0.4 is 4.74 Å². The van der Waals surface area contributed by atoms with Gasteiger partial charge in [-0.2, -0.15) is 0 Å². The second-order valence-corrected chi connectivity index (χ2v) is 5.32. The predicted molar refractivity (Wildman–Crippen MR) is 81.8 cm³/mol. The normalized spacial score (nSPS) is 10.8. The van der Waals surface area contributed by atoms with Crippen LogP contribution in [0.5, 0.6) is 11.5 Å². The number of nitrogens with zero attached hydrogens (tertiary/aromatic N) is 1. The van der Waals surface area contributed by atoms with E-state index in [9.17, 15) is 9.50 Å². The van der Waals surface area contributed by atoms with Gasteiger partial charge in [0, 0.05) is 17.5 Å². The molecule has 0 unspecified atom stereocenters. The molecule has 3 rings (SSSR count). The molecule has 5 heteroatoms. The lowest BCUT2D eigenvalue weighted by Gasteiger charge is -2.11. The zero-order chi connectivity index (χ0) is 14.8. The smallest absolute Gasteiger partial charge is 0.144 e. The fraction of sp³-hybridized carbons (Fsp3) is 0.0625. The number of pyridine rings is 1. The highest BCUT2D eigenvalue weighted by molar-refractivity contribution is 9.10. The molecule has 3 aromatic rings. The standard InChI is InChI=1S/C16H11BrFNO2/c17-13-6-5-10(18)7-16(13)21-15-8-11(9-20)19-14-4-2-1-3-12(14)15/h1-8,20H,9H2. The van der Waals surface area contributed by atoms with Gasteiger partial charge in [0.15, 0.2) is 0 Å². The maximum atomic E-state index is 13.4. The van der Waals surface area contributed by atoms with Crippen LogP contribution in [0.25, 0.3) is 10.9 Å². The van der Waals surface area contributed by atoms with Gasteiger partial charge in [0.1, 0.15) is 17.3 Å². The van der Waals surface area contributed by atoms with Gasteiger partial charge in [-0.15, -0.1) is 0 Å². The van der Waals surface area contributed by atoms with Crippen molar-refractivity contribution >= 4 is 26.8 Å². The zero-order valence-corrected chi connectivity index (χ0v) is 12.5. The van der Waals surface area contributed by atoms with Crippen LogP contribution in [-0.2, 0) is 6.61 Å². The molecule has 0 radical (unpaired) electrons. The molecule has 0 aliphatic heterocycles. The lowest BCUT2D eigenvalue weighted by atomic mass is 10.2. The molecular formula is C16H11BrFNO2. The summed E-state index contributed by atoms with van der Waals surface area (Å²) in [7, 11) is 0. The molecule has 0 saturated heterocycles. The van der Waals surface area contributed by atoms with Crippen LogP contribution in [0, 0.1) is 5.82 Å². The number of fused-ring (bicyclic) bond motifs is 1. The van der Waals surface area contributed by atoms with Crippen molar-refractivity contribution in [2.75, 3.05) is 0 Å². The molecule has 21 heavy (non-hydrogen) atoms. The first-order valence-electron chi connectivity index (χ1n) is 6.30. The van der Waals surface area contributed by atoms with Gasteiger partial charge in [-0.05, 0) is 40.2 Å². The Hall–Kier alpha value is -1.98. The lowest BCUT2D eigenvalue weighted by molar-refractivity contribution is 0.276. The van der Waals surface area contributed by atoms with E-state index in [1.54, 1.807) is 12.1 Å². The van der Waals surface area contributed by atoms with Gasteiger partial charge in [-0.1, -0.05) is 12.1 Å². The Kier molecular flexibility index (Phi) is 3.86. The zero-order valence-electron chi connectivity index (χ0n) is 10.9. The van der Waals surface area contributed by atoms with E-state index in [4.69, 9.17) is 4.74 Å². The highest BCUT2D eigenvalue weighted by atomic mass is 79.9. The fourth-order valence-electron chi connectivity index (χ4n) is 2.03. The average molecular weight is 348 g/mol. The number of halogens is 2. The molecule has 2 aromatic carbocycles. The molecule has 3 nitrogen and oxygen atoms in total. The SMILES string of the molecule is OCc1cc(Oc2cc(F)ccc2Br)c2ccccc2n1. The van der Waals surface area contributed by atoms with Crippen LogP contribution >= 0.6 is 15.9 Å². The summed E-state index contributed by atoms with van der Waals surface area (Å²) in [6.07, 6.45) is 0. The number of hydrogen-bond donors (Lipinski definition) is 1. The number of para-hydroxylation sites is 1. The van der Waals surface area contributed by atoms with E-state index in [-0.39, 0.29) is 12.4 Å². The highest BCUT2D eigenvalue weighted by Crippen LogP contribution is 2.34. The number of rotatable bonds is 3. The summed E-state index contributed by atoms with van der Waals surface area (Å²) in [5, 5.41) is 10.1. The van der Waals surface area contributed by atoms with E-state index in [0.717, 1.165) is 5.39 Å². The first-order valence-corrected chi connectivity index (χ1v) is 7.09. The first-order chi connectivity index (χ1) is 10.2. The second kappa shape index (κ2) is 5.79. The Labute approximate surface area is 129 Å². The third-order valence-electron chi connectivity index (χ3n) is 3.01. The van der Waals surface area contributed by atoms with Crippen molar-refractivity contribution in [3.63, 3.8) is 0 Å². The number of ether oxygens (including phenoxy) is 1. The largest absolute Gasteiger partial charge is 0.455 e. The molecule has 0 saturated carbocycles. The summed E-state index contributed by atoms with van der Waals surface area (Å²) >= 11 is 3.33. The fourth-order valence-corrected chi connectivity index (χ4v) is 2.36. The van der Waals surface area contributed by atoms with E-state index in [1.165, 1.54) is 12.1 Å². The maximum absolute atomic E-state index is 13.4. The average Bonchev–Trinajstić information content (AvgIpc) is 2.50. The van der Waals surface area contributed by atoms with Crippen molar-refractivity contribution in [2.45, 2.75) is 6.61 Å². The van der Waals surface area contributed by atoms with Crippen molar-refractivity contribution in [2.24, 2.45) is 0 Å². The van der Waals surface area contributed by atoms with Crippen molar-refractivity contribution < 1.29 is 14.2 Å². The van der Waals surface area contributed by atoms with E-state index in [1.807, 2.05) is 24.3 Å². The topological polar surface area (TPSA) is 42.4 Å². The Balaban J connectivity index is 2.13. The number of benzene rings is 2. The van der Waals surface area contributed by atoms with Crippen LogP contribution in [0.15, 0.2) is 53.0 Å². The monoisotopic (exact) mass is 347 g/mol. The molecule has 0 spiro atoms. The van der Waals surface area contributed by atoms with Gasteiger partial charge in [-0.3, -0.25) is 4.98 Å². The summed E-state index contributed by atoms with van der Waals surface area (Å²) in [5.74, 6) is 0.514. The molecule has 0 atom stereocenters. The highest BCUT2D eigenvalue weighted by Gasteiger charge is 2.10. The summed E-state index contributed by atoms with van der Waals surface area (Å²) in [4.78, 5) is 4.32. The maximum Gasteiger partial charge on any atom is 0.144 e. The molecule has 0 amide bonds. The first kappa shape index (κ1) is 14.0. The van der Waals surface area contributed by atoms with Gasteiger partial charge in [0.25, 0.3) is 0 Å². The summed E-state index contributed by atoms with van der Waals surface area (Å²) < 4.78 is 19.8. The molecule has 1 N–H and O–H groups in total. The van der Waals surface area contributed by atoms with Crippen LogP contribution in [0.4, 0.5) is 4.39 Å². The summed E-state index contributed by atoms with van der Waals surface area (Å²) in [6.45, 7) is -0.189. The van der Waals surface area contributed by atoms with Crippen molar-refractivity contribution in [1.82, 2.24) is 4.98 Å². The Morgan fingerprint density at radius 2 is 1.90 bits per heavy atom. The molecule has 0 aliphatic carbocycles. The summed E-state index contributed by atoms with van der Waals surface area (Å²) in [6, 6.07) is 13.3. The molecule has 0 aliphatic rings. The number of aromatic nitrogens is 1. The molecule has 106 valence electrons. The second-order valence-electron chi connectivity index (χ2n) is 4.46. The quantitative estimate of drug-likeness (QED) is 0.762. The molecular weight excluding hydrogens is 337 g/mol.